The van der Waals surface area contributed by atoms with Crippen molar-refractivity contribution in [1.29, 1.82) is 0 Å². The fourth-order valence-electron chi connectivity index (χ4n) is 3.76. The van der Waals surface area contributed by atoms with Crippen molar-refractivity contribution >= 4 is 29.0 Å². The van der Waals surface area contributed by atoms with Gasteiger partial charge in [-0.2, -0.15) is 0 Å². The highest BCUT2D eigenvalue weighted by atomic mass is 32.1. The molecule has 144 valence electrons. The Morgan fingerprint density at radius 1 is 1.04 bits per heavy atom. The molecule has 1 aromatic heterocycles. The SMILES string of the molecule is O=C(c1ccc2c(=O)n(CCc3ccccc3)c(=S)[nH]c2c1)N1CCCCC1. The topological polar surface area (TPSA) is 58.1 Å². The predicted molar refractivity (Wildman–Crippen MR) is 113 cm³/mol. The quantitative estimate of drug-likeness (QED) is 0.684. The van der Waals surface area contributed by atoms with Crippen molar-refractivity contribution in [3.05, 3.63) is 74.8 Å². The first-order valence-corrected chi connectivity index (χ1v) is 10.1. The maximum atomic E-state index is 12.9. The second kappa shape index (κ2) is 8.10. The highest BCUT2D eigenvalue weighted by molar-refractivity contribution is 7.71. The molecule has 4 rings (SSSR count). The summed E-state index contributed by atoms with van der Waals surface area (Å²) in [5.41, 5.74) is 2.26. The maximum Gasteiger partial charge on any atom is 0.262 e. The smallest absolute Gasteiger partial charge is 0.262 e. The summed E-state index contributed by atoms with van der Waals surface area (Å²) < 4.78 is 1.98. The fourth-order valence-corrected chi connectivity index (χ4v) is 4.04. The molecule has 0 aliphatic carbocycles. The monoisotopic (exact) mass is 393 g/mol. The van der Waals surface area contributed by atoms with Gasteiger partial charge < -0.3 is 9.88 Å². The van der Waals surface area contributed by atoms with Crippen LogP contribution in [0.25, 0.3) is 10.9 Å². The highest BCUT2D eigenvalue weighted by Gasteiger charge is 2.19. The molecule has 1 aliphatic heterocycles. The molecule has 1 fully saturated rings. The molecule has 0 spiro atoms. The standard InChI is InChI=1S/C22H23N3O2S/c26-20(24-12-5-2-6-13-24)17-9-10-18-19(15-17)23-22(28)25(21(18)27)14-11-16-7-3-1-4-8-16/h1,3-4,7-10,15H,2,5-6,11-14H2,(H,23,28). The number of aromatic amines is 1. The molecule has 1 aliphatic rings. The Morgan fingerprint density at radius 3 is 2.54 bits per heavy atom. The van der Waals surface area contributed by atoms with Gasteiger partial charge in [0.15, 0.2) is 4.77 Å². The van der Waals surface area contributed by atoms with E-state index in [1.807, 2.05) is 35.2 Å². The number of nitrogens with zero attached hydrogens (tertiary/aromatic N) is 2. The number of carbonyl (C=O) groups is 1. The summed E-state index contributed by atoms with van der Waals surface area (Å²) in [5, 5.41) is 0.553. The van der Waals surface area contributed by atoms with Gasteiger partial charge in [-0.3, -0.25) is 14.2 Å². The van der Waals surface area contributed by atoms with Gasteiger partial charge >= 0.3 is 0 Å². The number of carbonyl (C=O) groups excluding carboxylic acids is 1. The van der Waals surface area contributed by atoms with Crippen LogP contribution in [0.4, 0.5) is 0 Å². The third kappa shape index (κ3) is 3.78. The molecule has 2 aromatic carbocycles. The molecular formula is C22H23N3O2S. The Morgan fingerprint density at radius 2 is 1.79 bits per heavy atom. The third-order valence-corrected chi connectivity index (χ3v) is 5.66. The molecular weight excluding hydrogens is 370 g/mol. The number of H-pyrrole nitrogens is 1. The number of hydrogen-bond donors (Lipinski definition) is 1. The van der Waals surface area contributed by atoms with E-state index < -0.39 is 0 Å². The van der Waals surface area contributed by atoms with E-state index in [0.29, 0.717) is 27.8 Å². The van der Waals surface area contributed by atoms with Gasteiger partial charge in [0.1, 0.15) is 0 Å². The Labute approximate surface area is 168 Å². The first-order chi connectivity index (χ1) is 13.6. The Balaban J connectivity index is 1.63. The van der Waals surface area contributed by atoms with E-state index in [1.165, 1.54) is 6.42 Å². The Kier molecular flexibility index (Phi) is 5.39. The number of nitrogens with one attached hydrogen (secondary N) is 1. The largest absolute Gasteiger partial charge is 0.339 e. The van der Waals surface area contributed by atoms with Crippen LogP contribution in [0, 0.1) is 4.77 Å². The van der Waals surface area contributed by atoms with Crippen LogP contribution in [0.15, 0.2) is 53.3 Å². The number of aromatic nitrogens is 2. The predicted octanol–water partition coefficient (Wildman–Crippen LogP) is 3.93. The van der Waals surface area contributed by atoms with Crippen molar-refractivity contribution in [1.82, 2.24) is 14.5 Å². The van der Waals surface area contributed by atoms with Crippen molar-refractivity contribution in [2.45, 2.75) is 32.2 Å². The van der Waals surface area contributed by atoms with Crippen molar-refractivity contribution < 1.29 is 4.79 Å². The van der Waals surface area contributed by atoms with Gasteiger partial charge in [-0.05, 0) is 61.7 Å². The second-order valence-corrected chi connectivity index (χ2v) is 7.62. The van der Waals surface area contributed by atoms with Gasteiger partial charge in [0.05, 0.1) is 10.9 Å². The number of likely N-dealkylation sites (tertiary alicyclic amines) is 1. The van der Waals surface area contributed by atoms with Crippen LogP contribution in [-0.2, 0) is 13.0 Å². The van der Waals surface area contributed by atoms with E-state index in [0.717, 1.165) is 37.9 Å². The Bertz CT molecular complexity index is 1110. The van der Waals surface area contributed by atoms with Crippen molar-refractivity contribution in [3.63, 3.8) is 0 Å². The van der Waals surface area contributed by atoms with Crippen molar-refractivity contribution in [2.24, 2.45) is 0 Å². The fraction of sp³-hybridized carbons (Fsp3) is 0.318. The number of fused-ring (bicyclic) bond motifs is 1. The lowest BCUT2D eigenvalue weighted by molar-refractivity contribution is 0.0724. The summed E-state index contributed by atoms with van der Waals surface area (Å²) in [5.74, 6) is 0.0224. The normalized spacial score (nSPS) is 14.4. The highest BCUT2D eigenvalue weighted by Crippen LogP contribution is 2.16. The molecule has 3 aromatic rings. The molecule has 28 heavy (non-hydrogen) atoms. The number of aryl methyl sites for hydroxylation is 1. The van der Waals surface area contributed by atoms with Crippen LogP contribution >= 0.6 is 12.2 Å². The van der Waals surface area contributed by atoms with E-state index in [2.05, 4.69) is 4.98 Å². The van der Waals surface area contributed by atoms with Gasteiger partial charge in [0.25, 0.3) is 11.5 Å². The summed E-state index contributed by atoms with van der Waals surface area (Å²) in [6.07, 6.45) is 4.01. The minimum atomic E-state index is -0.119. The van der Waals surface area contributed by atoms with E-state index in [4.69, 9.17) is 12.2 Å². The first-order valence-electron chi connectivity index (χ1n) is 9.73. The summed E-state index contributed by atoms with van der Waals surface area (Å²) in [6, 6.07) is 15.3. The van der Waals surface area contributed by atoms with Gasteiger partial charge in [-0.1, -0.05) is 30.3 Å². The molecule has 2 heterocycles. The second-order valence-electron chi connectivity index (χ2n) is 7.24. The average molecular weight is 394 g/mol. The van der Waals surface area contributed by atoms with E-state index in [9.17, 15) is 9.59 Å². The molecule has 6 heteroatoms. The van der Waals surface area contributed by atoms with Crippen LogP contribution in [0.5, 0.6) is 0 Å². The van der Waals surface area contributed by atoms with Crippen molar-refractivity contribution in [2.75, 3.05) is 13.1 Å². The number of rotatable bonds is 4. The van der Waals surface area contributed by atoms with Gasteiger partial charge in [0, 0.05) is 25.2 Å². The minimum Gasteiger partial charge on any atom is -0.339 e. The van der Waals surface area contributed by atoms with Crippen LogP contribution < -0.4 is 5.56 Å². The molecule has 0 bridgehead atoms. The number of hydrogen-bond acceptors (Lipinski definition) is 3. The van der Waals surface area contributed by atoms with Crippen molar-refractivity contribution in [3.8, 4) is 0 Å². The van der Waals surface area contributed by atoms with Crippen LogP contribution in [0.3, 0.4) is 0 Å². The van der Waals surface area contributed by atoms with Crippen LogP contribution in [0.2, 0.25) is 0 Å². The number of benzene rings is 2. The van der Waals surface area contributed by atoms with Gasteiger partial charge in [-0.15, -0.1) is 0 Å². The summed E-state index contributed by atoms with van der Waals surface area (Å²) >= 11 is 5.43. The van der Waals surface area contributed by atoms with E-state index >= 15 is 0 Å². The lowest BCUT2D eigenvalue weighted by Gasteiger charge is -2.26. The zero-order valence-corrected chi connectivity index (χ0v) is 16.5. The Hall–Kier alpha value is -2.73. The molecule has 5 nitrogen and oxygen atoms in total. The molecule has 0 unspecified atom stereocenters. The van der Waals surface area contributed by atoms with Crippen LogP contribution in [-0.4, -0.2) is 33.4 Å². The first kappa shape index (κ1) is 18.6. The molecule has 0 saturated carbocycles. The van der Waals surface area contributed by atoms with E-state index in [1.54, 1.807) is 22.8 Å². The average Bonchev–Trinajstić information content (AvgIpc) is 2.74. The number of amides is 1. The summed E-state index contributed by atoms with van der Waals surface area (Å²) in [4.78, 5) is 30.7. The number of piperidine rings is 1. The molecule has 0 atom stereocenters. The molecule has 1 N–H and O–H groups in total. The lowest BCUT2D eigenvalue weighted by Crippen LogP contribution is -2.35. The third-order valence-electron chi connectivity index (χ3n) is 5.34. The van der Waals surface area contributed by atoms with Gasteiger partial charge in [-0.25, -0.2) is 0 Å². The zero-order valence-electron chi connectivity index (χ0n) is 15.7. The van der Waals surface area contributed by atoms with Crippen LogP contribution in [0.1, 0.15) is 35.2 Å². The molecule has 0 radical (unpaired) electrons. The van der Waals surface area contributed by atoms with E-state index in [-0.39, 0.29) is 11.5 Å². The maximum absolute atomic E-state index is 12.9. The van der Waals surface area contributed by atoms with Gasteiger partial charge in [0.2, 0.25) is 0 Å². The minimum absolute atomic E-state index is 0.0224. The lowest BCUT2D eigenvalue weighted by atomic mass is 10.1. The summed E-state index contributed by atoms with van der Waals surface area (Å²) in [7, 11) is 0. The molecule has 1 saturated heterocycles. The zero-order chi connectivity index (χ0) is 19.5. The molecule has 1 amide bonds. The summed E-state index contributed by atoms with van der Waals surface area (Å²) in [6.45, 7) is 2.12.